The molecule has 10 nitrogen and oxygen atoms in total. The molecule has 0 bridgehead atoms. The number of nitrogens with two attached hydrogens (primary N) is 1. The summed E-state index contributed by atoms with van der Waals surface area (Å²) in [7, 11) is -3.73. The quantitative estimate of drug-likeness (QED) is 0.555. The van der Waals surface area contributed by atoms with Gasteiger partial charge in [0.15, 0.2) is 0 Å². The van der Waals surface area contributed by atoms with Crippen molar-refractivity contribution < 1.29 is 13.3 Å². The molecule has 1 aromatic heterocycles. The molecule has 1 fully saturated rings. The molecule has 1 unspecified atom stereocenters. The number of hydrogen-bond donors (Lipinski definition) is 2. The van der Waals surface area contributed by atoms with E-state index in [4.69, 9.17) is 5.14 Å². The van der Waals surface area contributed by atoms with Crippen molar-refractivity contribution in [2.24, 2.45) is 11.1 Å². The van der Waals surface area contributed by atoms with Crippen molar-refractivity contribution in [1.29, 1.82) is 0 Å². The lowest BCUT2D eigenvalue weighted by Crippen LogP contribution is -2.43. The highest BCUT2D eigenvalue weighted by atomic mass is 32.2. The Balaban J connectivity index is 2.23. The minimum atomic E-state index is -3.73. The normalized spacial score (nSPS) is 19.1. The summed E-state index contributed by atoms with van der Waals surface area (Å²) in [6.45, 7) is 5.46. The summed E-state index contributed by atoms with van der Waals surface area (Å²) in [5.41, 5.74) is 0.406. The van der Waals surface area contributed by atoms with Gasteiger partial charge in [-0.1, -0.05) is 0 Å². The van der Waals surface area contributed by atoms with Gasteiger partial charge >= 0.3 is 5.69 Å². The van der Waals surface area contributed by atoms with Gasteiger partial charge in [-0.2, -0.15) is 13.5 Å². The first-order valence-electron chi connectivity index (χ1n) is 7.47. The van der Waals surface area contributed by atoms with Gasteiger partial charge in [-0.25, -0.2) is 14.5 Å². The second-order valence-electron chi connectivity index (χ2n) is 5.68. The van der Waals surface area contributed by atoms with Gasteiger partial charge in [-0.3, -0.25) is 10.1 Å². The van der Waals surface area contributed by atoms with E-state index in [1.165, 1.54) is 0 Å². The molecular weight excluding hydrogens is 324 g/mol. The Hall–Kier alpha value is -1.72. The molecule has 2 heterocycles. The Morgan fingerprint density at radius 1 is 1.52 bits per heavy atom. The number of nitrogens with zero attached hydrogens (tertiary/aromatic N) is 4. The SMILES string of the molecule is CCn1nc(C)c([N+](=O)[O-])c1N1CCCC(CNS(N)(=O)=O)C1. The lowest BCUT2D eigenvalue weighted by atomic mass is 9.98. The first-order valence-corrected chi connectivity index (χ1v) is 9.01. The maximum Gasteiger partial charge on any atom is 0.333 e. The van der Waals surface area contributed by atoms with E-state index in [2.05, 4.69) is 9.82 Å². The van der Waals surface area contributed by atoms with Gasteiger partial charge in [0.1, 0.15) is 5.69 Å². The van der Waals surface area contributed by atoms with Crippen LogP contribution < -0.4 is 14.8 Å². The van der Waals surface area contributed by atoms with E-state index < -0.39 is 15.1 Å². The zero-order chi connectivity index (χ0) is 17.2. The fourth-order valence-corrected chi connectivity index (χ4v) is 3.43. The van der Waals surface area contributed by atoms with Crippen LogP contribution in [-0.4, -0.2) is 42.8 Å². The minimum absolute atomic E-state index is 0.0203. The molecule has 23 heavy (non-hydrogen) atoms. The number of piperidine rings is 1. The molecule has 1 atom stereocenters. The zero-order valence-corrected chi connectivity index (χ0v) is 14.0. The molecular formula is C12H22N6O4S. The van der Waals surface area contributed by atoms with Crippen molar-refractivity contribution in [2.75, 3.05) is 24.5 Å². The summed E-state index contributed by atoms with van der Waals surface area (Å²) in [4.78, 5) is 12.9. The van der Waals surface area contributed by atoms with E-state index in [1.54, 1.807) is 11.6 Å². The van der Waals surface area contributed by atoms with Crippen molar-refractivity contribution in [3.63, 3.8) is 0 Å². The highest BCUT2D eigenvalue weighted by molar-refractivity contribution is 7.87. The van der Waals surface area contributed by atoms with Crippen molar-refractivity contribution in [2.45, 2.75) is 33.2 Å². The van der Waals surface area contributed by atoms with Crippen LogP contribution in [0.15, 0.2) is 0 Å². The van der Waals surface area contributed by atoms with Gasteiger partial charge in [-0.15, -0.1) is 0 Å². The third-order valence-electron chi connectivity index (χ3n) is 3.94. The number of rotatable bonds is 6. The van der Waals surface area contributed by atoms with E-state index in [0.29, 0.717) is 31.1 Å². The molecule has 1 aromatic rings. The average Bonchev–Trinajstić information content (AvgIpc) is 2.81. The van der Waals surface area contributed by atoms with Crippen LogP contribution in [0.1, 0.15) is 25.5 Å². The third kappa shape index (κ3) is 4.18. The molecule has 0 radical (unpaired) electrons. The van der Waals surface area contributed by atoms with Crippen LogP contribution >= 0.6 is 0 Å². The summed E-state index contributed by atoms with van der Waals surface area (Å²) in [5.74, 6) is 0.539. The fraction of sp³-hybridized carbons (Fsp3) is 0.750. The second-order valence-corrected chi connectivity index (χ2v) is 7.06. The highest BCUT2D eigenvalue weighted by Gasteiger charge is 2.32. The highest BCUT2D eigenvalue weighted by Crippen LogP contribution is 2.34. The number of nitro groups is 1. The fourth-order valence-electron chi connectivity index (χ4n) is 2.97. The number of aromatic nitrogens is 2. The van der Waals surface area contributed by atoms with Crippen molar-refractivity contribution in [1.82, 2.24) is 14.5 Å². The Kier molecular flexibility index (Phi) is 5.22. The van der Waals surface area contributed by atoms with Crippen LogP contribution in [0.2, 0.25) is 0 Å². The smallest absolute Gasteiger partial charge is 0.333 e. The Bertz CT molecular complexity index is 686. The Labute approximate surface area is 135 Å². The molecule has 3 N–H and O–H groups in total. The van der Waals surface area contributed by atoms with Gasteiger partial charge in [0.05, 0.1) is 4.92 Å². The van der Waals surface area contributed by atoms with Crippen LogP contribution in [-0.2, 0) is 16.8 Å². The molecule has 2 rings (SSSR count). The first-order chi connectivity index (χ1) is 10.7. The molecule has 0 saturated carbocycles. The minimum Gasteiger partial charge on any atom is -0.351 e. The summed E-state index contributed by atoms with van der Waals surface area (Å²) in [5, 5.41) is 20.6. The van der Waals surface area contributed by atoms with Gasteiger partial charge in [0, 0.05) is 26.2 Å². The number of aryl methyl sites for hydroxylation is 2. The lowest BCUT2D eigenvalue weighted by Gasteiger charge is -2.33. The summed E-state index contributed by atoms with van der Waals surface area (Å²) in [6, 6.07) is 0. The van der Waals surface area contributed by atoms with E-state index >= 15 is 0 Å². The maximum absolute atomic E-state index is 11.4. The molecule has 0 aliphatic carbocycles. The summed E-state index contributed by atoms with van der Waals surface area (Å²) in [6.07, 6.45) is 1.66. The van der Waals surface area contributed by atoms with Gasteiger partial charge in [0.25, 0.3) is 10.2 Å². The molecule has 0 aromatic carbocycles. The zero-order valence-electron chi connectivity index (χ0n) is 13.2. The van der Waals surface area contributed by atoms with E-state index in [-0.39, 0.29) is 18.2 Å². The van der Waals surface area contributed by atoms with Crippen molar-refractivity contribution >= 4 is 21.7 Å². The Morgan fingerprint density at radius 2 is 2.22 bits per heavy atom. The van der Waals surface area contributed by atoms with Gasteiger partial charge in [0.2, 0.25) is 5.82 Å². The van der Waals surface area contributed by atoms with Crippen LogP contribution in [0, 0.1) is 23.0 Å². The molecule has 130 valence electrons. The van der Waals surface area contributed by atoms with Crippen molar-refractivity contribution in [3.05, 3.63) is 15.8 Å². The van der Waals surface area contributed by atoms with Crippen LogP contribution in [0.5, 0.6) is 0 Å². The monoisotopic (exact) mass is 346 g/mol. The molecule has 1 saturated heterocycles. The van der Waals surface area contributed by atoms with Gasteiger partial charge < -0.3 is 4.90 Å². The largest absolute Gasteiger partial charge is 0.351 e. The average molecular weight is 346 g/mol. The second kappa shape index (κ2) is 6.81. The standard InChI is InChI=1S/C12H22N6O4S/c1-3-17-12(11(18(19)20)9(2)15-17)16-6-4-5-10(8-16)7-14-23(13,21)22/h10,14H,3-8H2,1-2H3,(H2,13,21,22). The number of anilines is 1. The Morgan fingerprint density at radius 3 is 2.78 bits per heavy atom. The van der Waals surface area contributed by atoms with Crippen molar-refractivity contribution in [3.8, 4) is 0 Å². The van der Waals surface area contributed by atoms with Crippen LogP contribution in [0.3, 0.4) is 0 Å². The topological polar surface area (TPSA) is 136 Å². The van der Waals surface area contributed by atoms with Crippen LogP contribution in [0.25, 0.3) is 0 Å². The number of hydrogen-bond acceptors (Lipinski definition) is 6. The maximum atomic E-state index is 11.4. The third-order valence-corrected chi connectivity index (χ3v) is 4.51. The molecule has 1 aliphatic heterocycles. The van der Waals surface area contributed by atoms with E-state index in [9.17, 15) is 18.5 Å². The predicted molar refractivity (Wildman–Crippen MR) is 85.3 cm³/mol. The summed E-state index contributed by atoms with van der Waals surface area (Å²) < 4.78 is 26.0. The lowest BCUT2D eigenvalue weighted by molar-refractivity contribution is -0.384. The molecule has 11 heteroatoms. The molecule has 0 spiro atoms. The van der Waals surface area contributed by atoms with Crippen LogP contribution in [0.4, 0.5) is 11.5 Å². The summed E-state index contributed by atoms with van der Waals surface area (Å²) >= 11 is 0. The predicted octanol–water partition coefficient (Wildman–Crippen LogP) is 0.129. The van der Waals surface area contributed by atoms with Gasteiger partial charge in [-0.05, 0) is 32.6 Å². The number of nitrogens with one attached hydrogen (secondary N) is 1. The molecule has 0 amide bonds. The van der Waals surface area contributed by atoms with E-state index in [0.717, 1.165) is 12.8 Å². The molecule has 1 aliphatic rings. The van der Waals surface area contributed by atoms with E-state index in [1.807, 2.05) is 11.8 Å². The first kappa shape index (κ1) is 17.6.